The van der Waals surface area contributed by atoms with Crippen LogP contribution in [0.15, 0.2) is 0 Å². The first-order valence-electron chi connectivity index (χ1n) is 7.51. The van der Waals surface area contributed by atoms with E-state index in [1.54, 1.807) is 7.11 Å². The monoisotopic (exact) mass is 273 g/mol. The van der Waals surface area contributed by atoms with Gasteiger partial charge in [0.25, 0.3) is 0 Å². The molecule has 0 aromatic heterocycles. The van der Waals surface area contributed by atoms with Crippen molar-refractivity contribution in [3.8, 4) is 0 Å². The maximum Gasteiger partial charge on any atom is 0.0615 e. The third-order valence-corrected chi connectivity index (χ3v) is 5.15. The Bertz CT molecular complexity index is 215. The molecule has 1 aliphatic rings. The summed E-state index contributed by atoms with van der Waals surface area (Å²) in [5, 5.41) is 0. The summed E-state index contributed by atoms with van der Waals surface area (Å²) in [6.45, 7) is 7.67. The second-order valence-electron chi connectivity index (χ2n) is 5.94. The van der Waals surface area contributed by atoms with E-state index in [9.17, 15) is 0 Å². The van der Waals surface area contributed by atoms with Crippen LogP contribution in [0.25, 0.3) is 0 Å². The lowest BCUT2D eigenvalue weighted by molar-refractivity contribution is 0.0672. The number of likely N-dealkylation sites (N-methyl/N-ethyl adjacent to an activating group) is 1. The first kappa shape index (κ1) is 16.3. The highest BCUT2D eigenvalue weighted by Crippen LogP contribution is 2.37. The fourth-order valence-electron chi connectivity index (χ4n) is 3.20. The van der Waals surface area contributed by atoms with Gasteiger partial charge in [-0.05, 0) is 37.5 Å². The van der Waals surface area contributed by atoms with Crippen molar-refractivity contribution in [3.05, 3.63) is 0 Å². The van der Waals surface area contributed by atoms with Crippen molar-refractivity contribution in [1.82, 2.24) is 4.90 Å². The number of nitrogens with zero attached hydrogens (tertiary/aromatic N) is 1. The molecule has 1 unspecified atom stereocenters. The predicted octanol–water partition coefficient (Wildman–Crippen LogP) is 3.61. The Morgan fingerprint density at radius 1 is 1.22 bits per heavy atom. The molecule has 0 saturated heterocycles. The van der Waals surface area contributed by atoms with Crippen LogP contribution in [-0.4, -0.2) is 43.5 Å². The van der Waals surface area contributed by atoms with E-state index in [4.69, 9.17) is 4.74 Å². The molecule has 0 radical (unpaired) electrons. The summed E-state index contributed by atoms with van der Waals surface area (Å²) in [6.07, 6.45) is 8.30. The largest absolute Gasteiger partial charge is 0.383 e. The summed E-state index contributed by atoms with van der Waals surface area (Å²) in [5.74, 6) is 1.03. The number of hydrogen-bond donors (Lipinski definition) is 1. The summed E-state index contributed by atoms with van der Waals surface area (Å²) in [5.41, 5.74) is 0.442. The van der Waals surface area contributed by atoms with Crippen LogP contribution in [0.3, 0.4) is 0 Å². The molecule has 0 N–H and O–H groups in total. The Kier molecular flexibility index (Phi) is 7.66. The van der Waals surface area contributed by atoms with E-state index in [2.05, 4.69) is 31.4 Å². The van der Waals surface area contributed by atoms with Crippen molar-refractivity contribution in [1.29, 1.82) is 0 Å². The molecule has 1 aliphatic carbocycles. The molecule has 1 rings (SSSR count). The molecule has 0 aliphatic heterocycles. The summed E-state index contributed by atoms with van der Waals surface area (Å²) in [4.78, 5) is 2.57. The van der Waals surface area contributed by atoms with Crippen molar-refractivity contribution in [2.75, 3.05) is 32.6 Å². The average Bonchev–Trinajstić information content (AvgIpc) is 2.62. The van der Waals surface area contributed by atoms with Crippen LogP contribution in [0, 0.1) is 5.41 Å². The molecule has 0 amide bonds. The number of rotatable bonds is 7. The zero-order valence-corrected chi connectivity index (χ0v) is 13.3. The van der Waals surface area contributed by atoms with E-state index in [1.807, 2.05) is 0 Å². The van der Waals surface area contributed by atoms with Crippen LogP contribution < -0.4 is 0 Å². The van der Waals surface area contributed by atoms with E-state index < -0.39 is 0 Å². The molecular formula is C15H31NOS. The van der Waals surface area contributed by atoms with E-state index in [0.29, 0.717) is 11.5 Å². The van der Waals surface area contributed by atoms with Gasteiger partial charge in [0.2, 0.25) is 0 Å². The van der Waals surface area contributed by atoms with E-state index in [0.717, 1.165) is 18.9 Å². The Hall–Kier alpha value is 0.270. The van der Waals surface area contributed by atoms with Gasteiger partial charge in [0.1, 0.15) is 0 Å². The van der Waals surface area contributed by atoms with Gasteiger partial charge in [-0.25, -0.2) is 0 Å². The summed E-state index contributed by atoms with van der Waals surface area (Å²) in [7, 11) is 1.80. The Morgan fingerprint density at radius 2 is 1.83 bits per heavy atom. The smallest absolute Gasteiger partial charge is 0.0615 e. The Morgan fingerprint density at radius 3 is 2.28 bits per heavy atom. The van der Waals surface area contributed by atoms with E-state index >= 15 is 0 Å². The number of hydrogen-bond acceptors (Lipinski definition) is 3. The topological polar surface area (TPSA) is 12.5 Å². The second kappa shape index (κ2) is 8.44. The maximum atomic E-state index is 5.31. The summed E-state index contributed by atoms with van der Waals surface area (Å²) < 4.78 is 5.31. The van der Waals surface area contributed by atoms with Gasteiger partial charge in [0, 0.05) is 19.7 Å². The number of methoxy groups -OCH3 is 1. The third kappa shape index (κ3) is 4.75. The standard InChI is InChI=1S/C15H31NOS/c1-4-16(14(2)11-17-3)12-15(13-18)9-7-5-6-8-10-15/h14,18H,4-13H2,1-3H3. The van der Waals surface area contributed by atoms with Gasteiger partial charge in [-0.1, -0.05) is 32.6 Å². The molecule has 0 heterocycles. The van der Waals surface area contributed by atoms with Crippen LogP contribution in [0.1, 0.15) is 52.4 Å². The molecule has 0 bridgehead atoms. The van der Waals surface area contributed by atoms with Crippen LogP contribution >= 0.6 is 12.6 Å². The molecule has 0 spiro atoms. The Labute approximate surface area is 119 Å². The van der Waals surface area contributed by atoms with Gasteiger partial charge in [0.15, 0.2) is 0 Å². The fourth-order valence-corrected chi connectivity index (χ4v) is 3.62. The zero-order chi connectivity index (χ0) is 13.4. The van der Waals surface area contributed by atoms with Crippen molar-refractivity contribution in [2.24, 2.45) is 5.41 Å². The van der Waals surface area contributed by atoms with Gasteiger partial charge in [-0.2, -0.15) is 12.6 Å². The van der Waals surface area contributed by atoms with Crippen LogP contribution in [0.5, 0.6) is 0 Å². The first-order valence-corrected chi connectivity index (χ1v) is 8.14. The van der Waals surface area contributed by atoms with Crippen LogP contribution in [0.2, 0.25) is 0 Å². The minimum absolute atomic E-state index is 0.442. The Balaban J connectivity index is 2.62. The molecule has 3 heteroatoms. The van der Waals surface area contributed by atoms with Crippen molar-refractivity contribution < 1.29 is 4.74 Å². The van der Waals surface area contributed by atoms with Crippen LogP contribution in [-0.2, 0) is 4.74 Å². The lowest BCUT2D eigenvalue weighted by atomic mass is 9.81. The average molecular weight is 273 g/mol. The third-order valence-electron chi connectivity index (χ3n) is 4.48. The summed E-state index contributed by atoms with van der Waals surface area (Å²) in [6, 6.07) is 0.514. The molecule has 18 heavy (non-hydrogen) atoms. The molecule has 108 valence electrons. The molecule has 1 atom stereocenters. The zero-order valence-electron chi connectivity index (χ0n) is 12.5. The fraction of sp³-hybridized carbons (Fsp3) is 1.00. The minimum Gasteiger partial charge on any atom is -0.383 e. The molecule has 1 saturated carbocycles. The highest BCUT2D eigenvalue weighted by atomic mass is 32.1. The molecule has 0 aromatic rings. The lowest BCUT2D eigenvalue weighted by Gasteiger charge is -2.39. The maximum absolute atomic E-state index is 5.31. The molecule has 2 nitrogen and oxygen atoms in total. The number of ether oxygens (including phenoxy) is 1. The van der Waals surface area contributed by atoms with Gasteiger partial charge < -0.3 is 4.74 Å². The van der Waals surface area contributed by atoms with Crippen molar-refractivity contribution >= 4 is 12.6 Å². The van der Waals surface area contributed by atoms with Gasteiger partial charge in [0.05, 0.1) is 6.61 Å². The molecular weight excluding hydrogens is 242 g/mol. The van der Waals surface area contributed by atoms with Crippen molar-refractivity contribution in [3.63, 3.8) is 0 Å². The van der Waals surface area contributed by atoms with Gasteiger partial charge >= 0.3 is 0 Å². The summed E-state index contributed by atoms with van der Waals surface area (Å²) >= 11 is 4.67. The van der Waals surface area contributed by atoms with Crippen molar-refractivity contribution in [2.45, 2.75) is 58.4 Å². The number of thiol groups is 1. The highest BCUT2D eigenvalue weighted by Gasteiger charge is 2.32. The second-order valence-corrected chi connectivity index (χ2v) is 6.26. The van der Waals surface area contributed by atoms with Crippen LogP contribution in [0.4, 0.5) is 0 Å². The molecule has 0 aromatic carbocycles. The van der Waals surface area contributed by atoms with E-state index in [1.165, 1.54) is 45.1 Å². The predicted molar refractivity (Wildman–Crippen MR) is 82.6 cm³/mol. The van der Waals surface area contributed by atoms with E-state index in [-0.39, 0.29) is 0 Å². The first-order chi connectivity index (χ1) is 8.67. The quantitative estimate of drug-likeness (QED) is 0.562. The lowest BCUT2D eigenvalue weighted by Crippen LogP contribution is -2.45. The van der Waals surface area contributed by atoms with Gasteiger partial charge in [-0.15, -0.1) is 0 Å². The highest BCUT2D eigenvalue weighted by molar-refractivity contribution is 7.80. The molecule has 1 fully saturated rings. The normalized spacial score (nSPS) is 21.8. The SMILES string of the molecule is CCN(CC1(CS)CCCCCC1)C(C)COC. The minimum atomic E-state index is 0.442. The van der Waals surface area contributed by atoms with Gasteiger partial charge in [-0.3, -0.25) is 4.90 Å².